The molecule has 0 atom stereocenters. The van der Waals surface area contributed by atoms with Gasteiger partial charge in [-0.25, -0.2) is 14.6 Å². The van der Waals surface area contributed by atoms with E-state index >= 15 is 0 Å². The van der Waals surface area contributed by atoms with Gasteiger partial charge in [-0.2, -0.15) is 5.10 Å². The fourth-order valence-corrected chi connectivity index (χ4v) is 2.00. The Balaban J connectivity index is 1.70. The van der Waals surface area contributed by atoms with Crippen LogP contribution in [-0.4, -0.2) is 24.7 Å². The third-order valence-electron chi connectivity index (χ3n) is 3.16. The molecule has 0 bridgehead atoms. The Labute approximate surface area is 122 Å². The van der Waals surface area contributed by atoms with Crippen LogP contribution in [0.5, 0.6) is 0 Å². The first-order chi connectivity index (χ1) is 10.2. The fourth-order valence-electron chi connectivity index (χ4n) is 2.00. The molecule has 0 amide bonds. The molecule has 1 aromatic carbocycles. The van der Waals surface area contributed by atoms with Gasteiger partial charge in [-0.15, -0.1) is 0 Å². The van der Waals surface area contributed by atoms with Crippen molar-refractivity contribution in [3.8, 4) is 5.69 Å². The molecule has 0 saturated heterocycles. The standard InChI is InChI=1S/C15H16N6/c1-11-7-17-12(2)15(20-11)18-8-13-3-5-14(6-4-13)21-10-16-9-19-21/h3-7,9-10H,8H2,1-2H3,(H,18,20). The van der Waals surface area contributed by atoms with Crippen LogP contribution in [0.3, 0.4) is 0 Å². The first-order valence-corrected chi connectivity index (χ1v) is 6.70. The minimum absolute atomic E-state index is 0.705. The zero-order chi connectivity index (χ0) is 14.7. The molecular formula is C15H16N6. The lowest BCUT2D eigenvalue weighted by Gasteiger charge is -2.09. The summed E-state index contributed by atoms with van der Waals surface area (Å²) in [7, 11) is 0. The molecule has 1 N–H and O–H groups in total. The predicted molar refractivity (Wildman–Crippen MR) is 80.2 cm³/mol. The molecule has 3 rings (SSSR count). The summed E-state index contributed by atoms with van der Waals surface area (Å²) < 4.78 is 1.73. The second kappa shape index (κ2) is 5.70. The second-order valence-corrected chi connectivity index (χ2v) is 4.81. The minimum atomic E-state index is 0.705. The first kappa shape index (κ1) is 13.2. The van der Waals surface area contributed by atoms with Crippen LogP contribution in [0.15, 0.2) is 43.1 Å². The van der Waals surface area contributed by atoms with Crippen LogP contribution in [0.2, 0.25) is 0 Å². The molecule has 0 unspecified atom stereocenters. The van der Waals surface area contributed by atoms with Crippen molar-refractivity contribution in [2.45, 2.75) is 20.4 Å². The van der Waals surface area contributed by atoms with Crippen molar-refractivity contribution in [2.24, 2.45) is 0 Å². The van der Waals surface area contributed by atoms with Crippen molar-refractivity contribution in [2.75, 3.05) is 5.32 Å². The molecule has 106 valence electrons. The van der Waals surface area contributed by atoms with Crippen molar-refractivity contribution < 1.29 is 0 Å². The number of hydrogen-bond acceptors (Lipinski definition) is 5. The van der Waals surface area contributed by atoms with E-state index in [1.54, 1.807) is 17.2 Å². The summed E-state index contributed by atoms with van der Waals surface area (Å²) in [4.78, 5) is 12.7. The Morgan fingerprint density at radius 3 is 2.67 bits per heavy atom. The van der Waals surface area contributed by atoms with Crippen molar-refractivity contribution in [3.05, 3.63) is 60.1 Å². The van der Waals surface area contributed by atoms with Gasteiger partial charge in [0.2, 0.25) is 0 Å². The molecule has 0 aliphatic carbocycles. The van der Waals surface area contributed by atoms with Crippen LogP contribution >= 0.6 is 0 Å². The molecule has 0 aliphatic heterocycles. The number of anilines is 1. The van der Waals surface area contributed by atoms with Gasteiger partial charge in [-0.1, -0.05) is 12.1 Å². The summed E-state index contributed by atoms with van der Waals surface area (Å²) in [6.45, 7) is 4.59. The van der Waals surface area contributed by atoms with Crippen molar-refractivity contribution in [1.29, 1.82) is 0 Å². The van der Waals surface area contributed by atoms with Gasteiger partial charge in [0.15, 0.2) is 0 Å². The van der Waals surface area contributed by atoms with Gasteiger partial charge in [-0.3, -0.25) is 4.98 Å². The Morgan fingerprint density at radius 1 is 1.14 bits per heavy atom. The maximum Gasteiger partial charge on any atom is 0.148 e. The van der Waals surface area contributed by atoms with Gasteiger partial charge < -0.3 is 5.32 Å². The molecule has 0 spiro atoms. The minimum Gasteiger partial charge on any atom is -0.364 e. The highest BCUT2D eigenvalue weighted by Gasteiger charge is 2.02. The number of aryl methyl sites for hydroxylation is 2. The van der Waals surface area contributed by atoms with Gasteiger partial charge in [0.1, 0.15) is 18.5 Å². The lowest BCUT2D eigenvalue weighted by atomic mass is 10.2. The average Bonchev–Trinajstić information content (AvgIpc) is 3.03. The van der Waals surface area contributed by atoms with E-state index in [0.29, 0.717) is 6.54 Å². The van der Waals surface area contributed by atoms with Crippen LogP contribution in [0.25, 0.3) is 5.69 Å². The van der Waals surface area contributed by atoms with Gasteiger partial charge in [-0.05, 0) is 31.5 Å². The molecular weight excluding hydrogens is 264 g/mol. The fraction of sp³-hybridized carbons (Fsp3) is 0.200. The highest BCUT2D eigenvalue weighted by Crippen LogP contribution is 2.12. The summed E-state index contributed by atoms with van der Waals surface area (Å²) in [5, 5.41) is 7.42. The molecule has 0 saturated carbocycles. The molecule has 3 aromatic rings. The SMILES string of the molecule is Cc1cnc(C)c(NCc2ccc(-n3cncn3)cc2)n1. The van der Waals surface area contributed by atoms with E-state index in [1.165, 1.54) is 11.9 Å². The zero-order valence-electron chi connectivity index (χ0n) is 12.0. The molecule has 21 heavy (non-hydrogen) atoms. The van der Waals surface area contributed by atoms with Crippen LogP contribution in [0.1, 0.15) is 17.0 Å². The zero-order valence-corrected chi connectivity index (χ0v) is 12.0. The van der Waals surface area contributed by atoms with Crippen LogP contribution in [-0.2, 0) is 6.54 Å². The van der Waals surface area contributed by atoms with Crippen LogP contribution in [0.4, 0.5) is 5.82 Å². The molecule has 0 aliphatic rings. The summed E-state index contributed by atoms with van der Waals surface area (Å²) >= 11 is 0. The summed E-state index contributed by atoms with van der Waals surface area (Å²) in [6, 6.07) is 8.14. The normalized spacial score (nSPS) is 10.6. The topological polar surface area (TPSA) is 68.5 Å². The van der Waals surface area contributed by atoms with E-state index in [-0.39, 0.29) is 0 Å². The highest BCUT2D eigenvalue weighted by atomic mass is 15.3. The average molecular weight is 280 g/mol. The Hall–Kier alpha value is -2.76. The van der Waals surface area contributed by atoms with Crippen molar-refractivity contribution in [3.63, 3.8) is 0 Å². The van der Waals surface area contributed by atoms with Gasteiger partial charge >= 0.3 is 0 Å². The largest absolute Gasteiger partial charge is 0.364 e. The van der Waals surface area contributed by atoms with Crippen molar-refractivity contribution >= 4 is 5.82 Å². The van der Waals surface area contributed by atoms with Gasteiger partial charge in [0.25, 0.3) is 0 Å². The smallest absolute Gasteiger partial charge is 0.148 e. The summed E-state index contributed by atoms with van der Waals surface area (Å²) in [5.41, 5.74) is 3.97. The second-order valence-electron chi connectivity index (χ2n) is 4.81. The molecule has 0 radical (unpaired) electrons. The number of nitrogens with zero attached hydrogens (tertiary/aromatic N) is 5. The number of aromatic nitrogens is 5. The summed E-state index contributed by atoms with van der Waals surface area (Å²) in [5.74, 6) is 0.829. The lowest BCUT2D eigenvalue weighted by Crippen LogP contribution is -2.05. The van der Waals surface area contributed by atoms with Crippen LogP contribution < -0.4 is 5.32 Å². The van der Waals surface area contributed by atoms with E-state index in [2.05, 4.69) is 37.5 Å². The molecule has 6 nitrogen and oxygen atoms in total. The lowest BCUT2D eigenvalue weighted by molar-refractivity contribution is 0.877. The van der Waals surface area contributed by atoms with Crippen molar-refractivity contribution in [1.82, 2.24) is 24.7 Å². The molecule has 0 fully saturated rings. The van der Waals surface area contributed by atoms with E-state index in [9.17, 15) is 0 Å². The molecule has 2 aromatic heterocycles. The van der Waals surface area contributed by atoms with E-state index in [0.717, 1.165) is 22.9 Å². The summed E-state index contributed by atoms with van der Waals surface area (Å²) in [6.07, 6.45) is 4.97. The van der Waals surface area contributed by atoms with Gasteiger partial charge in [0, 0.05) is 12.7 Å². The monoisotopic (exact) mass is 280 g/mol. The Bertz CT molecular complexity index is 718. The van der Waals surface area contributed by atoms with E-state index in [4.69, 9.17) is 0 Å². The van der Waals surface area contributed by atoms with Crippen LogP contribution in [0, 0.1) is 13.8 Å². The Morgan fingerprint density at radius 2 is 1.95 bits per heavy atom. The molecule has 6 heteroatoms. The third kappa shape index (κ3) is 3.05. The van der Waals surface area contributed by atoms with E-state index < -0.39 is 0 Å². The maximum absolute atomic E-state index is 4.45. The highest BCUT2D eigenvalue weighted by molar-refractivity contribution is 5.41. The maximum atomic E-state index is 4.45. The number of benzene rings is 1. The number of rotatable bonds is 4. The predicted octanol–water partition coefficient (Wildman–Crippen LogP) is 2.29. The third-order valence-corrected chi connectivity index (χ3v) is 3.16. The van der Waals surface area contributed by atoms with E-state index in [1.807, 2.05) is 26.0 Å². The Kier molecular flexibility index (Phi) is 3.59. The number of nitrogens with one attached hydrogen (secondary N) is 1. The quantitative estimate of drug-likeness (QED) is 0.794. The first-order valence-electron chi connectivity index (χ1n) is 6.70. The van der Waals surface area contributed by atoms with Gasteiger partial charge in [0.05, 0.1) is 17.1 Å². The molecule has 2 heterocycles. The number of hydrogen-bond donors (Lipinski definition) is 1.